The van der Waals surface area contributed by atoms with Gasteiger partial charge in [-0.25, -0.2) is 0 Å². The van der Waals surface area contributed by atoms with Crippen molar-refractivity contribution < 1.29 is 9.59 Å². The van der Waals surface area contributed by atoms with Crippen molar-refractivity contribution in [1.29, 1.82) is 0 Å². The molecule has 0 saturated carbocycles. The van der Waals surface area contributed by atoms with Crippen LogP contribution in [-0.4, -0.2) is 70.3 Å². The number of aromatic nitrogens is 1. The van der Waals surface area contributed by atoms with Crippen LogP contribution in [-0.2, 0) is 29.6 Å². The Morgan fingerprint density at radius 3 is 2.41 bits per heavy atom. The highest BCUT2D eigenvalue weighted by Crippen LogP contribution is 2.22. The smallest absolute Gasteiger partial charge is 0.227 e. The molecule has 32 heavy (non-hydrogen) atoms. The molecule has 0 N–H and O–H groups in total. The van der Waals surface area contributed by atoms with Crippen molar-refractivity contribution in [3.8, 4) is 0 Å². The van der Waals surface area contributed by atoms with E-state index in [-0.39, 0.29) is 11.8 Å². The van der Waals surface area contributed by atoms with Crippen molar-refractivity contribution in [2.45, 2.75) is 38.6 Å². The molecule has 2 aliphatic rings. The summed E-state index contributed by atoms with van der Waals surface area (Å²) in [6.07, 6.45) is 8.11. The Bertz CT molecular complexity index is 886. The zero-order valence-corrected chi connectivity index (χ0v) is 19.3. The normalized spacial score (nSPS) is 19.8. The Balaban J connectivity index is 1.17. The minimum atomic E-state index is 0.210. The second-order valence-corrected chi connectivity index (χ2v) is 9.39. The highest BCUT2D eigenvalue weighted by Gasteiger charge is 2.26. The van der Waals surface area contributed by atoms with Crippen LogP contribution >= 0.6 is 0 Å². The van der Waals surface area contributed by atoms with Crippen LogP contribution < -0.4 is 0 Å². The number of likely N-dealkylation sites (tertiary alicyclic amines) is 1. The van der Waals surface area contributed by atoms with Gasteiger partial charge in [0.05, 0.1) is 6.42 Å². The van der Waals surface area contributed by atoms with E-state index in [1.54, 1.807) is 0 Å². The van der Waals surface area contributed by atoms with Gasteiger partial charge in [-0.05, 0) is 42.4 Å². The molecule has 0 aliphatic carbocycles. The van der Waals surface area contributed by atoms with E-state index in [9.17, 15) is 9.59 Å². The highest BCUT2D eigenvalue weighted by atomic mass is 16.2. The molecule has 4 rings (SSSR count). The molecule has 1 atom stereocenters. The van der Waals surface area contributed by atoms with Gasteiger partial charge in [0.2, 0.25) is 11.8 Å². The number of carbonyl (C=O) groups is 2. The molecule has 0 radical (unpaired) electrons. The van der Waals surface area contributed by atoms with Crippen molar-refractivity contribution in [3.63, 3.8) is 0 Å². The maximum atomic E-state index is 12.8. The number of hydrogen-bond acceptors (Lipinski definition) is 3. The Hall–Kier alpha value is -2.60. The van der Waals surface area contributed by atoms with Crippen LogP contribution in [0.15, 0.2) is 48.8 Å². The van der Waals surface area contributed by atoms with Gasteiger partial charge >= 0.3 is 0 Å². The van der Waals surface area contributed by atoms with Gasteiger partial charge in [-0.1, -0.05) is 30.3 Å². The summed E-state index contributed by atoms with van der Waals surface area (Å²) < 4.78 is 1.98. The van der Waals surface area contributed by atoms with Crippen LogP contribution in [0.25, 0.3) is 0 Å². The molecule has 1 aromatic heterocycles. The summed E-state index contributed by atoms with van der Waals surface area (Å²) in [7, 11) is 1.98. The monoisotopic (exact) mass is 436 g/mol. The number of nitrogens with zero attached hydrogens (tertiary/aromatic N) is 4. The van der Waals surface area contributed by atoms with Crippen molar-refractivity contribution >= 4 is 11.8 Å². The van der Waals surface area contributed by atoms with Gasteiger partial charge in [-0.15, -0.1) is 0 Å². The number of piperidine rings is 1. The summed E-state index contributed by atoms with van der Waals surface area (Å²) in [5, 5.41) is 0. The van der Waals surface area contributed by atoms with Gasteiger partial charge < -0.3 is 14.4 Å². The van der Waals surface area contributed by atoms with Gasteiger partial charge in [0.25, 0.3) is 0 Å². The summed E-state index contributed by atoms with van der Waals surface area (Å²) in [6, 6.07) is 12.5. The van der Waals surface area contributed by atoms with Crippen LogP contribution in [0.1, 0.15) is 36.8 Å². The molecule has 172 valence electrons. The number of piperazine rings is 1. The average molecular weight is 437 g/mol. The summed E-state index contributed by atoms with van der Waals surface area (Å²) >= 11 is 0. The lowest BCUT2D eigenvalue weighted by atomic mass is 9.92. The zero-order chi connectivity index (χ0) is 22.3. The van der Waals surface area contributed by atoms with Crippen molar-refractivity contribution in [1.82, 2.24) is 19.3 Å². The second kappa shape index (κ2) is 10.8. The lowest BCUT2D eigenvalue weighted by molar-refractivity contribution is -0.133. The number of hydrogen-bond donors (Lipinski definition) is 0. The lowest BCUT2D eigenvalue weighted by Gasteiger charge is -2.36. The van der Waals surface area contributed by atoms with Crippen molar-refractivity contribution in [2.24, 2.45) is 13.0 Å². The fourth-order valence-corrected chi connectivity index (χ4v) is 4.96. The first-order valence-corrected chi connectivity index (χ1v) is 12.0. The SMILES string of the molecule is Cn1ccc(CC(=O)N2CCCC(CCC(=O)N3CCN(Cc4ccccc4)CC3)C2)c1. The molecular formula is C26H36N4O2. The van der Waals surface area contributed by atoms with E-state index in [0.29, 0.717) is 18.8 Å². The standard InChI is InChI=1S/C26H36N4O2/c1-27-13-11-24(19-27)18-26(32)30-12-5-8-23(21-30)9-10-25(31)29-16-14-28(15-17-29)20-22-6-3-2-4-7-22/h2-4,6-7,11,13,19,23H,5,8-10,12,14-18,20-21H2,1H3. The Labute approximate surface area is 191 Å². The first-order chi connectivity index (χ1) is 15.6. The number of rotatable bonds is 7. The van der Waals surface area contributed by atoms with Crippen molar-refractivity contribution in [3.05, 3.63) is 59.9 Å². The molecule has 6 nitrogen and oxygen atoms in total. The van der Waals surface area contributed by atoms with Crippen LogP contribution in [0, 0.1) is 5.92 Å². The van der Waals surface area contributed by atoms with Gasteiger partial charge in [0, 0.05) is 71.7 Å². The highest BCUT2D eigenvalue weighted by molar-refractivity contribution is 5.79. The van der Waals surface area contributed by atoms with Crippen LogP contribution in [0.4, 0.5) is 0 Å². The lowest BCUT2D eigenvalue weighted by Crippen LogP contribution is -2.48. The van der Waals surface area contributed by atoms with E-state index in [1.165, 1.54) is 5.56 Å². The summed E-state index contributed by atoms with van der Waals surface area (Å²) in [5.41, 5.74) is 2.40. The fourth-order valence-electron chi connectivity index (χ4n) is 4.96. The molecular weight excluding hydrogens is 400 g/mol. The number of amides is 2. The maximum Gasteiger partial charge on any atom is 0.227 e. The largest absolute Gasteiger partial charge is 0.357 e. The number of aryl methyl sites for hydroxylation is 1. The maximum absolute atomic E-state index is 12.8. The quantitative estimate of drug-likeness (QED) is 0.671. The third-order valence-electron chi connectivity index (χ3n) is 6.86. The minimum absolute atomic E-state index is 0.210. The molecule has 2 amide bonds. The number of carbonyl (C=O) groups excluding carboxylic acids is 2. The molecule has 2 aromatic rings. The third-order valence-corrected chi connectivity index (χ3v) is 6.86. The van der Waals surface area contributed by atoms with E-state index in [2.05, 4.69) is 29.2 Å². The Kier molecular flexibility index (Phi) is 7.63. The van der Waals surface area contributed by atoms with E-state index >= 15 is 0 Å². The summed E-state index contributed by atoms with van der Waals surface area (Å²) in [6.45, 7) is 6.11. The second-order valence-electron chi connectivity index (χ2n) is 9.39. The molecule has 2 fully saturated rings. The van der Waals surface area contributed by atoms with E-state index in [1.807, 2.05) is 45.9 Å². The minimum Gasteiger partial charge on any atom is -0.357 e. The molecule has 6 heteroatoms. The van der Waals surface area contributed by atoms with E-state index in [0.717, 1.165) is 70.6 Å². The topological polar surface area (TPSA) is 48.8 Å². The van der Waals surface area contributed by atoms with Gasteiger partial charge in [0.1, 0.15) is 0 Å². The molecule has 1 aromatic carbocycles. The Morgan fingerprint density at radius 1 is 0.906 bits per heavy atom. The predicted octanol–water partition coefficient (Wildman–Crippen LogP) is 2.93. The molecule has 0 spiro atoms. The first kappa shape index (κ1) is 22.6. The van der Waals surface area contributed by atoms with Crippen LogP contribution in [0.2, 0.25) is 0 Å². The summed E-state index contributed by atoms with van der Waals surface area (Å²) in [4.78, 5) is 32.0. The predicted molar refractivity (Wildman–Crippen MR) is 126 cm³/mol. The molecule has 1 unspecified atom stereocenters. The average Bonchev–Trinajstić information content (AvgIpc) is 3.23. The first-order valence-electron chi connectivity index (χ1n) is 12.0. The Morgan fingerprint density at radius 2 is 1.69 bits per heavy atom. The molecule has 2 saturated heterocycles. The van der Waals surface area contributed by atoms with E-state index in [4.69, 9.17) is 0 Å². The van der Waals surface area contributed by atoms with Crippen LogP contribution in [0.5, 0.6) is 0 Å². The van der Waals surface area contributed by atoms with Gasteiger partial charge in [-0.3, -0.25) is 14.5 Å². The van der Waals surface area contributed by atoms with Crippen molar-refractivity contribution in [2.75, 3.05) is 39.3 Å². The third kappa shape index (κ3) is 6.22. The van der Waals surface area contributed by atoms with E-state index < -0.39 is 0 Å². The molecule has 2 aliphatic heterocycles. The zero-order valence-electron chi connectivity index (χ0n) is 19.3. The fraction of sp³-hybridized carbons (Fsp3) is 0.538. The van der Waals surface area contributed by atoms with Crippen LogP contribution in [0.3, 0.4) is 0 Å². The van der Waals surface area contributed by atoms with Gasteiger partial charge in [-0.2, -0.15) is 0 Å². The molecule has 0 bridgehead atoms. The van der Waals surface area contributed by atoms with Gasteiger partial charge in [0.15, 0.2) is 0 Å². The summed E-state index contributed by atoms with van der Waals surface area (Å²) in [5.74, 6) is 0.922. The number of benzene rings is 1. The molecule has 3 heterocycles.